The Balaban J connectivity index is 2.42. The Kier molecular flexibility index (Phi) is 34.1. The Hall–Kier alpha value is -1.90. The van der Waals surface area contributed by atoms with Gasteiger partial charge in [-0.25, -0.2) is 4.57 Å². The first-order chi connectivity index (χ1) is 29.3. The fraction of sp³-hybridized carbons (Fsp3) is 0.891. The molecule has 15 heteroatoms. The van der Waals surface area contributed by atoms with Gasteiger partial charge in [-0.1, -0.05) is 167 Å². The lowest BCUT2D eigenvalue weighted by atomic mass is 9.88. The van der Waals surface area contributed by atoms with E-state index < -0.39 is 76.0 Å². The number of aliphatic carboxylic acids is 1. The number of nitrogens with two attached hydrogens (primary N) is 1. The van der Waals surface area contributed by atoms with E-state index in [9.17, 15) is 39.2 Å². The van der Waals surface area contributed by atoms with Crippen LogP contribution in [0.4, 0.5) is 0 Å². The van der Waals surface area contributed by atoms with Crippen LogP contribution in [-0.4, -0.2) is 93.5 Å². The number of aliphatic hydroxyl groups is 3. The van der Waals surface area contributed by atoms with E-state index in [1.807, 2.05) is 6.08 Å². The molecule has 14 nitrogen and oxygen atoms in total. The average Bonchev–Trinajstić information content (AvgIpc) is 3.49. The van der Waals surface area contributed by atoms with Gasteiger partial charge in [0, 0.05) is 25.2 Å². The number of hydrogen-bond acceptors (Lipinski definition) is 12. The van der Waals surface area contributed by atoms with Gasteiger partial charge >= 0.3 is 25.7 Å². The quantitative estimate of drug-likeness (QED) is 0.0145. The van der Waals surface area contributed by atoms with Crippen LogP contribution in [0.25, 0.3) is 0 Å². The zero-order valence-electron chi connectivity index (χ0n) is 37.9. The third-order valence-electron chi connectivity index (χ3n) is 11.6. The summed E-state index contributed by atoms with van der Waals surface area (Å²) in [4.78, 5) is 46.3. The highest BCUT2D eigenvalue weighted by atomic mass is 31.2. The van der Waals surface area contributed by atoms with Crippen molar-refractivity contribution in [2.45, 2.75) is 231 Å². The molecule has 0 aliphatic heterocycles. The molecule has 1 aliphatic rings. The van der Waals surface area contributed by atoms with Crippen molar-refractivity contribution in [3.63, 3.8) is 0 Å². The topological polar surface area (TPSA) is 232 Å². The first-order valence-electron chi connectivity index (χ1n) is 24.0. The van der Waals surface area contributed by atoms with E-state index in [0.717, 1.165) is 51.4 Å². The van der Waals surface area contributed by atoms with Crippen molar-refractivity contribution in [1.82, 2.24) is 0 Å². The van der Waals surface area contributed by atoms with E-state index in [4.69, 9.17) is 24.8 Å². The summed E-state index contributed by atoms with van der Waals surface area (Å²) in [6.07, 6.45) is 29.1. The fourth-order valence-electron chi connectivity index (χ4n) is 7.81. The minimum Gasteiger partial charge on any atom is -0.480 e. The molecule has 7 N–H and O–H groups in total. The van der Waals surface area contributed by atoms with Crippen molar-refractivity contribution >= 4 is 25.7 Å². The lowest BCUT2D eigenvalue weighted by Crippen LogP contribution is -2.34. The number of rotatable bonds is 41. The summed E-state index contributed by atoms with van der Waals surface area (Å²) in [5.41, 5.74) is 5.34. The summed E-state index contributed by atoms with van der Waals surface area (Å²) in [5, 5.41) is 40.3. The number of ether oxygens (including phenoxy) is 2. The molecule has 1 rings (SSSR count). The lowest BCUT2D eigenvalue weighted by molar-refractivity contribution is -0.161. The molecule has 358 valence electrons. The van der Waals surface area contributed by atoms with Crippen LogP contribution in [-0.2, 0) is 37.5 Å². The van der Waals surface area contributed by atoms with E-state index in [2.05, 4.69) is 18.4 Å². The standard InChI is InChI=1S/C46H86NO13P/c1-3-5-7-8-9-10-11-12-13-14-15-16-17-18-19-20-25-29-44(51)57-34-38(35-58-61(55,56)59-36-41(47)46(53)54)60-45(52)30-26-22-21-24-28-39-40(43(50)33-42(39)49)32-31-37(48)27-23-6-4-2/h31-32,37-43,48-50H,3-30,33-36,47H2,1-2H3,(H,53,54)(H,55,56)/b32-31+/t37-,38+,39+,40+,41-,42-,43+/m0/s1. The number of phosphoric ester groups is 1. The largest absolute Gasteiger partial charge is 0.480 e. The summed E-state index contributed by atoms with van der Waals surface area (Å²) in [6.45, 7) is 2.52. The molecule has 0 amide bonds. The van der Waals surface area contributed by atoms with Crippen molar-refractivity contribution in [2.75, 3.05) is 19.8 Å². The first-order valence-corrected chi connectivity index (χ1v) is 25.5. The molecule has 1 unspecified atom stereocenters. The minimum absolute atomic E-state index is 0.0382. The predicted octanol–water partition coefficient (Wildman–Crippen LogP) is 9.22. The molecular formula is C46H86NO13P. The molecule has 1 fully saturated rings. The summed E-state index contributed by atoms with van der Waals surface area (Å²) < 4.78 is 32.8. The zero-order valence-corrected chi connectivity index (χ0v) is 38.7. The van der Waals surface area contributed by atoms with E-state index in [1.54, 1.807) is 6.08 Å². The number of carbonyl (C=O) groups excluding carboxylic acids is 2. The Labute approximate surface area is 367 Å². The zero-order chi connectivity index (χ0) is 45.1. The SMILES string of the molecule is CCCCCCCCCCCCCCCCCCCC(=O)OC[C@H](COP(=O)(O)OC[C@H](N)C(=O)O)OC(=O)CCCCCC[C@@H]1[C@@H](/C=C/[C@@H](O)CCCCC)[C@H](O)C[C@@H]1O. The maximum atomic E-state index is 12.8. The van der Waals surface area contributed by atoms with Crippen LogP contribution in [0.2, 0.25) is 0 Å². The molecule has 0 bridgehead atoms. The van der Waals surface area contributed by atoms with Crippen molar-refractivity contribution in [3.05, 3.63) is 12.2 Å². The van der Waals surface area contributed by atoms with Gasteiger partial charge in [-0.3, -0.25) is 23.4 Å². The van der Waals surface area contributed by atoms with Gasteiger partial charge in [0.05, 0.1) is 31.5 Å². The number of aliphatic hydroxyl groups excluding tert-OH is 3. The van der Waals surface area contributed by atoms with Crippen LogP contribution in [0, 0.1) is 11.8 Å². The van der Waals surface area contributed by atoms with E-state index >= 15 is 0 Å². The predicted molar refractivity (Wildman–Crippen MR) is 238 cm³/mol. The maximum absolute atomic E-state index is 12.8. The Morgan fingerprint density at radius 3 is 1.69 bits per heavy atom. The second kappa shape index (κ2) is 36.4. The van der Waals surface area contributed by atoms with Crippen LogP contribution < -0.4 is 5.73 Å². The van der Waals surface area contributed by atoms with Crippen molar-refractivity contribution < 1.29 is 62.8 Å². The molecule has 0 radical (unpaired) electrons. The highest BCUT2D eigenvalue weighted by Crippen LogP contribution is 2.43. The van der Waals surface area contributed by atoms with Gasteiger partial charge in [0.2, 0.25) is 0 Å². The molecule has 0 saturated heterocycles. The number of hydrogen-bond donors (Lipinski definition) is 6. The van der Waals surface area contributed by atoms with E-state index in [1.165, 1.54) is 83.5 Å². The molecule has 0 heterocycles. The molecule has 0 spiro atoms. The molecule has 1 saturated carbocycles. The van der Waals surface area contributed by atoms with Crippen LogP contribution in [0.3, 0.4) is 0 Å². The lowest BCUT2D eigenvalue weighted by Gasteiger charge is -2.21. The fourth-order valence-corrected chi connectivity index (χ4v) is 8.59. The number of esters is 2. The number of carboxylic acids is 1. The van der Waals surface area contributed by atoms with Crippen LogP contribution in [0.15, 0.2) is 12.2 Å². The van der Waals surface area contributed by atoms with Gasteiger partial charge in [0.25, 0.3) is 0 Å². The summed E-state index contributed by atoms with van der Waals surface area (Å²) >= 11 is 0. The van der Waals surface area contributed by atoms with Gasteiger partial charge in [-0.2, -0.15) is 0 Å². The number of carboxylic acid groups (broad SMARTS) is 1. The molecular weight excluding hydrogens is 805 g/mol. The minimum atomic E-state index is -4.78. The van der Waals surface area contributed by atoms with Crippen LogP contribution in [0.5, 0.6) is 0 Å². The Bertz CT molecular complexity index is 1210. The van der Waals surface area contributed by atoms with E-state index in [0.29, 0.717) is 38.5 Å². The summed E-state index contributed by atoms with van der Waals surface area (Å²) in [5.74, 6) is -2.89. The highest BCUT2D eigenvalue weighted by molar-refractivity contribution is 7.47. The smallest absolute Gasteiger partial charge is 0.472 e. The van der Waals surface area contributed by atoms with Crippen LogP contribution >= 0.6 is 7.82 Å². The van der Waals surface area contributed by atoms with Gasteiger partial charge in [-0.05, 0) is 31.6 Å². The molecule has 8 atom stereocenters. The Morgan fingerprint density at radius 2 is 1.15 bits per heavy atom. The second-order valence-corrected chi connectivity index (χ2v) is 18.7. The highest BCUT2D eigenvalue weighted by Gasteiger charge is 2.39. The van der Waals surface area contributed by atoms with Gasteiger partial charge in [0.1, 0.15) is 12.6 Å². The number of phosphoric acid groups is 1. The maximum Gasteiger partial charge on any atom is 0.472 e. The van der Waals surface area contributed by atoms with Crippen molar-refractivity contribution in [1.29, 1.82) is 0 Å². The second-order valence-electron chi connectivity index (χ2n) is 17.2. The molecule has 0 aromatic rings. The van der Waals surface area contributed by atoms with Gasteiger partial charge in [0.15, 0.2) is 6.10 Å². The number of carbonyl (C=O) groups is 3. The molecule has 0 aromatic carbocycles. The van der Waals surface area contributed by atoms with Gasteiger partial charge in [-0.15, -0.1) is 0 Å². The first kappa shape index (κ1) is 57.1. The monoisotopic (exact) mass is 892 g/mol. The molecule has 1 aliphatic carbocycles. The normalized spacial score (nSPS) is 20.4. The molecule has 0 aromatic heterocycles. The van der Waals surface area contributed by atoms with E-state index in [-0.39, 0.29) is 24.7 Å². The number of unbranched alkanes of at least 4 members (excludes halogenated alkanes) is 21. The summed E-state index contributed by atoms with van der Waals surface area (Å²) in [6, 6.07) is -1.56. The molecule has 61 heavy (non-hydrogen) atoms. The van der Waals surface area contributed by atoms with Gasteiger partial charge < -0.3 is 40.5 Å². The Morgan fingerprint density at radius 1 is 0.672 bits per heavy atom. The summed E-state index contributed by atoms with van der Waals surface area (Å²) in [7, 11) is -4.78. The van der Waals surface area contributed by atoms with Crippen molar-refractivity contribution in [2.24, 2.45) is 17.6 Å². The third-order valence-corrected chi connectivity index (χ3v) is 12.6. The third kappa shape index (κ3) is 30.8. The van der Waals surface area contributed by atoms with Crippen molar-refractivity contribution in [3.8, 4) is 0 Å². The average molecular weight is 892 g/mol. The van der Waals surface area contributed by atoms with Crippen LogP contribution in [0.1, 0.15) is 200 Å².